The van der Waals surface area contributed by atoms with E-state index in [9.17, 15) is 14.4 Å². The highest BCUT2D eigenvalue weighted by molar-refractivity contribution is 5.93. The molecule has 122 valence electrons. The summed E-state index contributed by atoms with van der Waals surface area (Å²) < 4.78 is 13.5. The summed E-state index contributed by atoms with van der Waals surface area (Å²) in [4.78, 5) is 32.6. The van der Waals surface area contributed by atoms with Crippen molar-refractivity contribution in [3.8, 4) is 0 Å². The van der Waals surface area contributed by atoms with Gasteiger partial charge in [0, 0.05) is 6.42 Å². The minimum atomic E-state index is -0.529. The summed E-state index contributed by atoms with van der Waals surface area (Å²) in [6.45, 7) is 11.5. The maximum atomic E-state index is 11.2. The molecule has 0 saturated heterocycles. The van der Waals surface area contributed by atoms with E-state index >= 15 is 0 Å². The van der Waals surface area contributed by atoms with Gasteiger partial charge in [0.2, 0.25) is 0 Å². The maximum Gasteiger partial charge on any atom is 0.342 e. The predicted octanol–water partition coefficient (Wildman–Crippen LogP) is 3.37. The first-order valence-electron chi connectivity index (χ1n) is 6.54. The van der Waals surface area contributed by atoms with E-state index in [1.54, 1.807) is 6.92 Å². The van der Waals surface area contributed by atoms with Gasteiger partial charge in [-0.25, -0.2) is 9.59 Å². The van der Waals surface area contributed by atoms with Crippen LogP contribution in [0.2, 0.25) is 0 Å². The zero-order valence-corrected chi connectivity index (χ0v) is 12.8. The Balaban J connectivity index is 0.000000585. The van der Waals surface area contributed by atoms with Gasteiger partial charge in [0.1, 0.15) is 0 Å². The Hall–Kier alpha value is -3.15. The minimum Gasteiger partial charge on any atom is -0.435 e. The maximum absolute atomic E-state index is 11.2. The van der Waals surface area contributed by atoms with Gasteiger partial charge >= 0.3 is 17.9 Å². The lowest BCUT2D eigenvalue weighted by atomic mass is 10.1. The highest BCUT2D eigenvalue weighted by Crippen LogP contribution is 2.07. The van der Waals surface area contributed by atoms with Gasteiger partial charge in [-0.1, -0.05) is 26.7 Å². The Morgan fingerprint density at radius 2 is 1.17 bits per heavy atom. The van der Waals surface area contributed by atoms with E-state index in [4.69, 9.17) is 0 Å². The van der Waals surface area contributed by atoms with Crippen LogP contribution in [0.5, 0.6) is 0 Å². The Labute approximate surface area is 134 Å². The summed E-state index contributed by atoms with van der Waals surface area (Å²) in [6.07, 6.45) is 3.63. The molecule has 23 heavy (non-hydrogen) atoms. The van der Waals surface area contributed by atoms with Gasteiger partial charge in [0.05, 0.1) is 29.9 Å². The fraction of sp³-hybridized carbons (Fsp3) is 0.118. The van der Waals surface area contributed by atoms with Crippen LogP contribution in [0.15, 0.2) is 62.8 Å². The first-order valence-corrected chi connectivity index (χ1v) is 6.54. The number of ether oxygens (including phenoxy) is 3. The standard InChI is InChI=1S/C12H10O4.C5H8O2/c1-3-15-11(13)9-5-7-10(8-6-9)12(14)16-4-2;1-3-5(6)7-4-2/h3-8H,1-2H2;4H,2-3H2,1H3. The van der Waals surface area contributed by atoms with Crippen molar-refractivity contribution >= 4 is 17.9 Å². The average Bonchev–Trinajstić information content (AvgIpc) is 2.56. The van der Waals surface area contributed by atoms with Crippen LogP contribution in [0.1, 0.15) is 34.1 Å². The number of rotatable bonds is 6. The summed E-state index contributed by atoms with van der Waals surface area (Å²) in [5.41, 5.74) is 0.658. The fourth-order valence-electron chi connectivity index (χ4n) is 1.21. The molecule has 0 aromatic heterocycles. The summed E-state index contributed by atoms with van der Waals surface area (Å²) in [5.74, 6) is -1.30. The Kier molecular flexibility index (Phi) is 9.93. The summed E-state index contributed by atoms with van der Waals surface area (Å²) in [7, 11) is 0. The molecule has 6 heteroatoms. The largest absolute Gasteiger partial charge is 0.435 e. The van der Waals surface area contributed by atoms with Crippen molar-refractivity contribution in [1.29, 1.82) is 0 Å². The zero-order chi connectivity index (χ0) is 17.7. The van der Waals surface area contributed by atoms with E-state index in [2.05, 4.69) is 33.9 Å². The lowest BCUT2D eigenvalue weighted by Gasteiger charge is -2.01. The molecule has 6 nitrogen and oxygen atoms in total. The van der Waals surface area contributed by atoms with Crippen LogP contribution in [-0.2, 0) is 19.0 Å². The van der Waals surface area contributed by atoms with Crippen LogP contribution in [-0.4, -0.2) is 17.9 Å². The molecule has 0 aliphatic rings. The molecule has 0 unspecified atom stereocenters. The van der Waals surface area contributed by atoms with Crippen molar-refractivity contribution in [3.05, 3.63) is 73.9 Å². The van der Waals surface area contributed by atoms with Crippen LogP contribution >= 0.6 is 0 Å². The Morgan fingerprint density at radius 3 is 1.39 bits per heavy atom. The molecule has 0 N–H and O–H groups in total. The van der Waals surface area contributed by atoms with Crippen LogP contribution in [0, 0.1) is 0 Å². The molecule has 0 aliphatic heterocycles. The number of hydrogen-bond donors (Lipinski definition) is 0. The molecule has 0 spiro atoms. The van der Waals surface area contributed by atoms with Crippen molar-refractivity contribution in [3.63, 3.8) is 0 Å². The van der Waals surface area contributed by atoms with Crippen molar-refractivity contribution in [2.24, 2.45) is 0 Å². The van der Waals surface area contributed by atoms with E-state index in [1.807, 2.05) is 0 Å². The minimum absolute atomic E-state index is 0.241. The number of carbonyl (C=O) groups is 3. The third kappa shape index (κ3) is 8.01. The lowest BCUT2D eigenvalue weighted by molar-refractivity contribution is -0.137. The third-order valence-corrected chi connectivity index (χ3v) is 2.24. The Morgan fingerprint density at radius 1 is 0.826 bits per heavy atom. The van der Waals surface area contributed by atoms with E-state index in [-0.39, 0.29) is 5.97 Å². The monoisotopic (exact) mass is 318 g/mol. The van der Waals surface area contributed by atoms with Gasteiger partial charge in [0.25, 0.3) is 0 Å². The van der Waals surface area contributed by atoms with Crippen molar-refractivity contribution in [2.75, 3.05) is 0 Å². The SMILES string of the molecule is C=COC(=O)CC.C=COC(=O)c1ccc(C(=O)OC=C)cc1. The second-order valence-electron chi connectivity index (χ2n) is 3.73. The van der Waals surface area contributed by atoms with Crippen LogP contribution in [0.4, 0.5) is 0 Å². The third-order valence-electron chi connectivity index (χ3n) is 2.24. The molecule has 0 atom stereocenters. The topological polar surface area (TPSA) is 78.9 Å². The average molecular weight is 318 g/mol. The van der Waals surface area contributed by atoms with Crippen LogP contribution in [0.25, 0.3) is 0 Å². The van der Waals surface area contributed by atoms with Gasteiger partial charge in [-0.15, -0.1) is 0 Å². The number of benzene rings is 1. The zero-order valence-electron chi connectivity index (χ0n) is 12.8. The highest BCUT2D eigenvalue weighted by Gasteiger charge is 2.09. The first-order chi connectivity index (χ1) is 11.0. The molecule has 0 saturated carbocycles. The summed E-state index contributed by atoms with van der Waals surface area (Å²) >= 11 is 0. The second kappa shape index (κ2) is 11.5. The molecule has 1 rings (SSSR count). The summed E-state index contributed by atoms with van der Waals surface area (Å²) in [6, 6.07) is 5.86. The summed E-state index contributed by atoms with van der Waals surface area (Å²) in [5, 5.41) is 0. The molecule has 1 aromatic rings. The molecular formula is C17H18O6. The second-order valence-corrected chi connectivity index (χ2v) is 3.73. The van der Waals surface area contributed by atoms with Crippen LogP contribution < -0.4 is 0 Å². The molecule has 0 aliphatic carbocycles. The van der Waals surface area contributed by atoms with Gasteiger partial charge in [-0.05, 0) is 24.3 Å². The van der Waals surface area contributed by atoms with Crippen molar-refractivity contribution in [2.45, 2.75) is 13.3 Å². The molecule has 0 amide bonds. The van der Waals surface area contributed by atoms with Gasteiger partial charge in [-0.2, -0.15) is 0 Å². The van der Waals surface area contributed by atoms with E-state index in [0.717, 1.165) is 18.8 Å². The molecule has 0 radical (unpaired) electrons. The van der Waals surface area contributed by atoms with E-state index in [1.165, 1.54) is 24.3 Å². The predicted molar refractivity (Wildman–Crippen MR) is 84.2 cm³/mol. The normalized spacial score (nSPS) is 8.57. The first kappa shape index (κ1) is 19.9. The van der Waals surface area contributed by atoms with Crippen LogP contribution in [0.3, 0.4) is 0 Å². The molecule has 0 fully saturated rings. The number of carbonyl (C=O) groups excluding carboxylic acids is 3. The van der Waals surface area contributed by atoms with Crippen molar-refractivity contribution < 1.29 is 28.6 Å². The highest BCUT2D eigenvalue weighted by atomic mass is 16.5. The van der Waals surface area contributed by atoms with Gasteiger partial charge in [0.15, 0.2) is 0 Å². The lowest BCUT2D eigenvalue weighted by Crippen LogP contribution is -2.03. The van der Waals surface area contributed by atoms with Crippen molar-refractivity contribution in [1.82, 2.24) is 0 Å². The number of hydrogen-bond acceptors (Lipinski definition) is 6. The molecule has 1 aromatic carbocycles. The van der Waals surface area contributed by atoms with Gasteiger partial charge in [-0.3, -0.25) is 4.79 Å². The number of esters is 3. The fourth-order valence-corrected chi connectivity index (χ4v) is 1.21. The Bertz CT molecular complexity index is 530. The van der Waals surface area contributed by atoms with E-state index < -0.39 is 11.9 Å². The molecular weight excluding hydrogens is 300 g/mol. The quantitative estimate of drug-likeness (QED) is 0.454. The van der Waals surface area contributed by atoms with Gasteiger partial charge < -0.3 is 14.2 Å². The molecule has 0 heterocycles. The van der Waals surface area contributed by atoms with E-state index in [0.29, 0.717) is 17.5 Å². The molecule has 0 bridgehead atoms. The smallest absolute Gasteiger partial charge is 0.342 e.